The Morgan fingerprint density at radius 3 is 2.72 bits per heavy atom. The Labute approximate surface area is 103 Å². The molecule has 1 unspecified atom stereocenters. The molecule has 0 aromatic carbocycles. The van der Waals surface area contributed by atoms with E-state index in [2.05, 4.69) is 10.3 Å². The molecule has 0 radical (unpaired) electrons. The zero-order valence-electron chi connectivity index (χ0n) is 9.80. The molecule has 7 heteroatoms. The van der Waals surface area contributed by atoms with Crippen LogP contribution in [0.15, 0.2) is 23.1 Å². The topological polar surface area (TPSA) is 108 Å². The molecule has 0 saturated carbocycles. The standard InChI is InChI=1S/C11H14N2O5/c1-18-8(4-10(15)16)6-13-11(17)7-2-3-9(14)12-5-7/h2-3,5,8H,4,6H2,1H3,(H,12,14)(H,13,17)(H,15,16). The van der Waals surface area contributed by atoms with Gasteiger partial charge in [0.1, 0.15) is 0 Å². The average Bonchev–Trinajstić information content (AvgIpc) is 2.34. The molecule has 1 aromatic heterocycles. The van der Waals surface area contributed by atoms with Gasteiger partial charge in [-0.1, -0.05) is 0 Å². The lowest BCUT2D eigenvalue weighted by molar-refractivity contribution is -0.139. The van der Waals surface area contributed by atoms with Gasteiger partial charge in [-0.3, -0.25) is 14.4 Å². The molecule has 0 spiro atoms. The number of carbonyl (C=O) groups is 2. The minimum atomic E-state index is -1.000. The van der Waals surface area contributed by atoms with Crippen molar-refractivity contribution < 1.29 is 19.4 Å². The number of carboxylic acid groups (broad SMARTS) is 1. The maximum atomic E-state index is 11.6. The van der Waals surface area contributed by atoms with Crippen molar-refractivity contribution in [1.29, 1.82) is 0 Å². The van der Waals surface area contributed by atoms with E-state index in [9.17, 15) is 14.4 Å². The smallest absolute Gasteiger partial charge is 0.306 e. The van der Waals surface area contributed by atoms with Crippen LogP contribution in [0.5, 0.6) is 0 Å². The van der Waals surface area contributed by atoms with E-state index in [1.165, 1.54) is 25.4 Å². The van der Waals surface area contributed by atoms with Crippen molar-refractivity contribution in [3.63, 3.8) is 0 Å². The van der Waals surface area contributed by atoms with Crippen LogP contribution < -0.4 is 10.9 Å². The third-order valence-corrected chi connectivity index (χ3v) is 2.27. The zero-order valence-corrected chi connectivity index (χ0v) is 9.80. The van der Waals surface area contributed by atoms with Crippen molar-refractivity contribution in [2.24, 2.45) is 0 Å². The first-order valence-corrected chi connectivity index (χ1v) is 5.24. The molecule has 0 fully saturated rings. The van der Waals surface area contributed by atoms with Crippen LogP contribution >= 0.6 is 0 Å². The second kappa shape index (κ2) is 6.55. The van der Waals surface area contributed by atoms with Gasteiger partial charge in [-0.05, 0) is 6.07 Å². The number of aromatic nitrogens is 1. The minimum absolute atomic E-state index is 0.0841. The Hall–Kier alpha value is -2.15. The van der Waals surface area contributed by atoms with Crippen LogP contribution in [0, 0.1) is 0 Å². The first-order valence-electron chi connectivity index (χ1n) is 5.24. The number of pyridine rings is 1. The lowest BCUT2D eigenvalue weighted by atomic mass is 10.2. The lowest BCUT2D eigenvalue weighted by Crippen LogP contribution is -2.34. The number of carbonyl (C=O) groups excluding carboxylic acids is 1. The zero-order chi connectivity index (χ0) is 13.5. The fourth-order valence-corrected chi connectivity index (χ4v) is 1.29. The summed E-state index contributed by atoms with van der Waals surface area (Å²) in [4.78, 5) is 35.3. The summed E-state index contributed by atoms with van der Waals surface area (Å²) in [5.41, 5.74) is -0.00743. The summed E-state index contributed by atoms with van der Waals surface area (Å²) in [7, 11) is 1.37. The van der Waals surface area contributed by atoms with Gasteiger partial charge < -0.3 is 20.1 Å². The normalized spacial score (nSPS) is 11.8. The molecule has 1 aromatic rings. The van der Waals surface area contributed by atoms with Crippen LogP contribution in [-0.2, 0) is 9.53 Å². The van der Waals surface area contributed by atoms with Crippen LogP contribution in [0.25, 0.3) is 0 Å². The van der Waals surface area contributed by atoms with Gasteiger partial charge in [0, 0.05) is 25.9 Å². The molecule has 18 heavy (non-hydrogen) atoms. The summed E-state index contributed by atoms with van der Waals surface area (Å²) in [5, 5.41) is 11.1. The van der Waals surface area contributed by atoms with Gasteiger partial charge in [-0.2, -0.15) is 0 Å². The molecular weight excluding hydrogens is 240 g/mol. The summed E-state index contributed by atoms with van der Waals surface area (Å²) >= 11 is 0. The number of hydrogen-bond acceptors (Lipinski definition) is 4. The molecule has 0 aliphatic carbocycles. The molecule has 1 rings (SSSR count). The lowest BCUT2D eigenvalue weighted by Gasteiger charge is -2.13. The number of hydrogen-bond donors (Lipinski definition) is 3. The van der Waals surface area contributed by atoms with Crippen LogP contribution in [0.1, 0.15) is 16.8 Å². The van der Waals surface area contributed by atoms with Crippen LogP contribution in [0.3, 0.4) is 0 Å². The SMILES string of the molecule is COC(CNC(=O)c1ccc(=O)[nH]c1)CC(=O)O. The number of nitrogens with one attached hydrogen (secondary N) is 2. The Kier molecular flexibility index (Phi) is 5.06. The maximum absolute atomic E-state index is 11.6. The molecule has 0 aliphatic rings. The number of H-pyrrole nitrogens is 1. The van der Waals surface area contributed by atoms with E-state index in [4.69, 9.17) is 9.84 Å². The molecule has 3 N–H and O–H groups in total. The van der Waals surface area contributed by atoms with Crippen molar-refractivity contribution in [1.82, 2.24) is 10.3 Å². The summed E-state index contributed by atoms with van der Waals surface area (Å²) < 4.78 is 4.91. The van der Waals surface area contributed by atoms with Gasteiger partial charge in [-0.15, -0.1) is 0 Å². The van der Waals surface area contributed by atoms with Gasteiger partial charge in [0.25, 0.3) is 5.91 Å². The van der Waals surface area contributed by atoms with E-state index in [1.54, 1.807) is 0 Å². The predicted octanol–water partition coefficient (Wildman–Crippen LogP) is -0.406. The molecule has 0 bridgehead atoms. The molecule has 7 nitrogen and oxygen atoms in total. The average molecular weight is 254 g/mol. The van der Waals surface area contributed by atoms with Crippen molar-refractivity contribution in [2.45, 2.75) is 12.5 Å². The highest BCUT2D eigenvalue weighted by molar-refractivity contribution is 5.93. The molecule has 0 saturated heterocycles. The monoisotopic (exact) mass is 254 g/mol. The first-order chi connectivity index (χ1) is 8.52. The number of amides is 1. The van der Waals surface area contributed by atoms with E-state index in [-0.39, 0.29) is 18.5 Å². The molecule has 0 aliphatic heterocycles. The van der Waals surface area contributed by atoms with E-state index < -0.39 is 18.0 Å². The largest absolute Gasteiger partial charge is 0.481 e. The highest BCUT2D eigenvalue weighted by Crippen LogP contribution is 1.97. The summed E-state index contributed by atoms with van der Waals surface area (Å²) in [5.74, 6) is -1.40. The molecular formula is C11H14N2O5. The van der Waals surface area contributed by atoms with Gasteiger partial charge in [0.15, 0.2) is 0 Å². The van der Waals surface area contributed by atoms with Crippen molar-refractivity contribution >= 4 is 11.9 Å². The fraction of sp³-hybridized carbons (Fsp3) is 0.364. The van der Waals surface area contributed by atoms with Gasteiger partial charge in [-0.25, -0.2) is 0 Å². The summed E-state index contributed by atoms with van der Waals surface area (Å²) in [6.07, 6.45) is 0.508. The van der Waals surface area contributed by atoms with Gasteiger partial charge in [0.05, 0.1) is 18.1 Å². The van der Waals surface area contributed by atoms with E-state index in [0.29, 0.717) is 5.56 Å². The van der Waals surface area contributed by atoms with E-state index >= 15 is 0 Å². The highest BCUT2D eigenvalue weighted by atomic mass is 16.5. The first kappa shape index (κ1) is 13.9. The van der Waals surface area contributed by atoms with Gasteiger partial charge in [0.2, 0.25) is 5.56 Å². The Bertz CT molecular complexity index is 462. The van der Waals surface area contributed by atoms with Crippen LogP contribution in [0.2, 0.25) is 0 Å². The summed E-state index contributed by atoms with van der Waals surface area (Å²) in [6, 6.07) is 2.62. The fourth-order valence-electron chi connectivity index (χ4n) is 1.29. The predicted molar refractivity (Wildman–Crippen MR) is 62.4 cm³/mol. The number of aliphatic carboxylic acids is 1. The number of rotatable bonds is 6. The second-order valence-electron chi connectivity index (χ2n) is 3.61. The second-order valence-corrected chi connectivity index (χ2v) is 3.61. The third kappa shape index (κ3) is 4.38. The van der Waals surface area contributed by atoms with Crippen molar-refractivity contribution in [2.75, 3.05) is 13.7 Å². The number of ether oxygens (including phenoxy) is 1. The van der Waals surface area contributed by atoms with Crippen molar-refractivity contribution in [3.05, 3.63) is 34.2 Å². The maximum Gasteiger partial charge on any atom is 0.306 e. The number of methoxy groups -OCH3 is 1. The van der Waals surface area contributed by atoms with Gasteiger partial charge >= 0.3 is 5.97 Å². The summed E-state index contributed by atoms with van der Waals surface area (Å²) in [6.45, 7) is 0.0841. The Morgan fingerprint density at radius 1 is 1.50 bits per heavy atom. The quantitative estimate of drug-likeness (QED) is 0.639. The van der Waals surface area contributed by atoms with Crippen LogP contribution in [0.4, 0.5) is 0 Å². The number of aromatic amines is 1. The Morgan fingerprint density at radius 2 is 2.22 bits per heavy atom. The minimum Gasteiger partial charge on any atom is -0.481 e. The number of carboxylic acids is 1. The van der Waals surface area contributed by atoms with Crippen LogP contribution in [-0.4, -0.2) is 41.7 Å². The van der Waals surface area contributed by atoms with E-state index in [0.717, 1.165) is 0 Å². The third-order valence-electron chi connectivity index (χ3n) is 2.27. The Balaban J connectivity index is 2.52. The molecule has 1 amide bonds. The molecule has 1 heterocycles. The molecule has 1 atom stereocenters. The van der Waals surface area contributed by atoms with E-state index in [1.807, 2.05) is 0 Å². The molecule has 98 valence electrons. The van der Waals surface area contributed by atoms with Crippen molar-refractivity contribution in [3.8, 4) is 0 Å². The highest BCUT2D eigenvalue weighted by Gasteiger charge is 2.14.